The van der Waals surface area contributed by atoms with Crippen LogP contribution >= 0.6 is 0 Å². The number of rotatable bonds is 10. The number of ether oxygens (including phenoxy) is 2. The van der Waals surface area contributed by atoms with Crippen LogP contribution in [0.3, 0.4) is 0 Å². The number of tetrazole rings is 1. The summed E-state index contributed by atoms with van der Waals surface area (Å²) in [5.74, 6) is -1.90. The van der Waals surface area contributed by atoms with Gasteiger partial charge in [0.15, 0.2) is 18.2 Å². The van der Waals surface area contributed by atoms with Gasteiger partial charge in [-0.15, -0.1) is 10.2 Å². The van der Waals surface area contributed by atoms with Crippen LogP contribution < -0.4 is 26.5 Å². The van der Waals surface area contributed by atoms with E-state index in [-0.39, 0.29) is 40.8 Å². The van der Waals surface area contributed by atoms with Crippen molar-refractivity contribution < 1.29 is 31.4 Å². The zero-order valence-electron chi connectivity index (χ0n) is 24.3. The number of aromatic nitrogens is 6. The van der Waals surface area contributed by atoms with Crippen LogP contribution in [0.15, 0.2) is 70.3 Å². The lowest BCUT2D eigenvalue weighted by molar-refractivity contribution is -0.138. The molecule has 0 amide bonds. The largest absolute Gasteiger partial charge is 0.494 e. The van der Waals surface area contributed by atoms with Crippen LogP contribution in [0, 0.1) is 18.6 Å². The zero-order valence-corrected chi connectivity index (χ0v) is 24.3. The summed E-state index contributed by atoms with van der Waals surface area (Å²) >= 11 is 0. The highest BCUT2D eigenvalue weighted by molar-refractivity contribution is 5.67. The van der Waals surface area contributed by atoms with E-state index in [0.717, 1.165) is 16.7 Å². The second-order valence-corrected chi connectivity index (χ2v) is 10.1. The van der Waals surface area contributed by atoms with Gasteiger partial charge >= 0.3 is 11.9 Å². The number of nitrogens with zero attached hydrogens (tertiary/aromatic N) is 5. The average Bonchev–Trinajstić information content (AvgIpc) is 3.55. The van der Waals surface area contributed by atoms with Crippen molar-refractivity contribution in [2.75, 3.05) is 7.11 Å². The summed E-state index contributed by atoms with van der Waals surface area (Å²) < 4.78 is 84.4. The van der Waals surface area contributed by atoms with Crippen molar-refractivity contribution in [1.82, 2.24) is 29.8 Å². The molecule has 240 valence electrons. The Kier molecular flexibility index (Phi) is 9.00. The molecule has 5 aromatic rings. The van der Waals surface area contributed by atoms with E-state index in [1.807, 2.05) is 0 Å². The van der Waals surface area contributed by atoms with Crippen molar-refractivity contribution in [3.05, 3.63) is 121 Å². The number of benzene rings is 3. The molecule has 0 radical (unpaired) electrons. The highest BCUT2D eigenvalue weighted by Crippen LogP contribution is 2.34. The summed E-state index contributed by atoms with van der Waals surface area (Å²) in [6, 6.07) is 11.7. The first kappa shape index (κ1) is 32.0. The number of methoxy groups -OCH3 is 1. The molecular weight excluding hydrogens is 617 g/mol. The summed E-state index contributed by atoms with van der Waals surface area (Å²) in [4.78, 5) is 27.9. The van der Waals surface area contributed by atoms with Gasteiger partial charge in [0.1, 0.15) is 11.6 Å². The Labute approximate surface area is 257 Å². The number of hydrogen-bond donors (Lipinski definition) is 2. The summed E-state index contributed by atoms with van der Waals surface area (Å²) in [6.07, 6.45) is -4.96. The summed E-state index contributed by atoms with van der Waals surface area (Å²) in [7, 11) is 1.21. The van der Waals surface area contributed by atoms with E-state index in [2.05, 4.69) is 20.6 Å². The van der Waals surface area contributed by atoms with Crippen LogP contribution in [-0.4, -0.2) is 36.9 Å². The third-order valence-corrected chi connectivity index (χ3v) is 7.32. The standard InChI is InChI=1S/C30H26F5N7O4/c1-16-26(18-8-5-12-24(45-2)27(18)32)28(43)42(29(44)41(16)13-19-20(30(33,34)35)9-6-10-21(19)31)14-22(36)17-7-3-4-11-23(17)46-15-25-37-39-40-38-25/h3-12,22H,13-15,36H2,1-2H3,(H,37,38,39,40). The van der Waals surface area contributed by atoms with E-state index in [1.165, 1.54) is 32.2 Å². The first-order valence-electron chi connectivity index (χ1n) is 13.6. The number of para-hydroxylation sites is 1. The first-order valence-corrected chi connectivity index (χ1v) is 13.6. The molecule has 3 aromatic carbocycles. The number of hydrogen-bond acceptors (Lipinski definition) is 8. The molecule has 2 heterocycles. The van der Waals surface area contributed by atoms with Gasteiger partial charge in [-0.1, -0.05) is 41.6 Å². The number of halogens is 5. The number of aromatic amines is 1. The van der Waals surface area contributed by atoms with Crippen LogP contribution in [0.1, 0.15) is 34.3 Å². The van der Waals surface area contributed by atoms with E-state index in [1.54, 1.807) is 24.3 Å². The van der Waals surface area contributed by atoms with E-state index in [4.69, 9.17) is 15.2 Å². The van der Waals surface area contributed by atoms with Gasteiger partial charge in [0.05, 0.1) is 37.4 Å². The van der Waals surface area contributed by atoms with E-state index in [0.29, 0.717) is 16.2 Å². The third kappa shape index (κ3) is 6.24. The molecule has 0 aliphatic carbocycles. The number of nitrogens with two attached hydrogens (primary N) is 1. The molecule has 0 spiro atoms. The minimum absolute atomic E-state index is 0.0963. The molecule has 0 fully saturated rings. The molecule has 0 aliphatic heterocycles. The maximum atomic E-state index is 15.5. The molecule has 0 saturated carbocycles. The molecule has 11 nitrogen and oxygen atoms in total. The molecule has 3 N–H and O–H groups in total. The maximum absolute atomic E-state index is 15.5. The highest BCUT2D eigenvalue weighted by atomic mass is 19.4. The average molecular weight is 644 g/mol. The molecule has 1 atom stereocenters. The van der Waals surface area contributed by atoms with Crippen molar-refractivity contribution in [2.24, 2.45) is 5.73 Å². The molecule has 16 heteroatoms. The number of H-pyrrole nitrogens is 1. The van der Waals surface area contributed by atoms with Crippen LogP contribution in [-0.2, 0) is 25.9 Å². The lowest BCUT2D eigenvalue weighted by Gasteiger charge is -2.22. The van der Waals surface area contributed by atoms with Crippen LogP contribution in [0.5, 0.6) is 11.5 Å². The quantitative estimate of drug-likeness (QED) is 0.217. The topological polar surface area (TPSA) is 143 Å². The Morgan fingerprint density at radius 2 is 1.70 bits per heavy atom. The molecular formula is C30H26F5N7O4. The molecule has 0 saturated heterocycles. The van der Waals surface area contributed by atoms with Gasteiger partial charge in [0, 0.05) is 22.4 Å². The Morgan fingerprint density at radius 1 is 0.978 bits per heavy atom. The second-order valence-electron chi connectivity index (χ2n) is 10.1. The van der Waals surface area contributed by atoms with E-state index >= 15 is 4.39 Å². The lowest BCUT2D eigenvalue weighted by Crippen LogP contribution is -2.44. The van der Waals surface area contributed by atoms with Crippen LogP contribution in [0.2, 0.25) is 0 Å². The Bertz CT molecular complexity index is 1990. The van der Waals surface area contributed by atoms with Crippen LogP contribution in [0.25, 0.3) is 11.1 Å². The smallest absolute Gasteiger partial charge is 0.416 e. The van der Waals surface area contributed by atoms with Gasteiger partial charge in [-0.25, -0.2) is 13.6 Å². The predicted molar refractivity (Wildman–Crippen MR) is 154 cm³/mol. The Hall–Kier alpha value is -5.38. The first-order chi connectivity index (χ1) is 21.9. The highest BCUT2D eigenvalue weighted by Gasteiger charge is 2.35. The maximum Gasteiger partial charge on any atom is 0.416 e. The second kappa shape index (κ2) is 12.9. The number of nitrogens with one attached hydrogen (secondary N) is 1. The minimum atomic E-state index is -4.96. The lowest BCUT2D eigenvalue weighted by atomic mass is 10.0. The fourth-order valence-electron chi connectivity index (χ4n) is 5.06. The van der Waals surface area contributed by atoms with Crippen molar-refractivity contribution in [3.8, 4) is 22.6 Å². The summed E-state index contributed by atoms with van der Waals surface area (Å²) in [5.41, 5.74) is 1.78. The van der Waals surface area contributed by atoms with Crippen molar-refractivity contribution in [1.29, 1.82) is 0 Å². The Balaban J connectivity index is 1.67. The number of alkyl halides is 3. The Morgan fingerprint density at radius 3 is 2.39 bits per heavy atom. The van der Waals surface area contributed by atoms with Crippen molar-refractivity contribution >= 4 is 0 Å². The fraction of sp³-hybridized carbons (Fsp3) is 0.233. The van der Waals surface area contributed by atoms with Crippen molar-refractivity contribution in [3.63, 3.8) is 0 Å². The van der Waals surface area contributed by atoms with Gasteiger partial charge < -0.3 is 15.2 Å². The van der Waals surface area contributed by atoms with Crippen LogP contribution in [0.4, 0.5) is 22.0 Å². The summed E-state index contributed by atoms with van der Waals surface area (Å²) in [5, 5.41) is 13.3. The molecule has 0 aliphatic rings. The van der Waals surface area contributed by atoms with Gasteiger partial charge in [-0.05, 0) is 31.2 Å². The monoisotopic (exact) mass is 643 g/mol. The fourth-order valence-corrected chi connectivity index (χ4v) is 5.06. The normalized spacial score (nSPS) is 12.3. The zero-order chi connectivity index (χ0) is 33.2. The van der Waals surface area contributed by atoms with E-state index in [9.17, 15) is 27.2 Å². The van der Waals surface area contributed by atoms with E-state index < -0.39 is 59.3 Å². The van der Waals surface area contributed by atoms with Gasteiger partial charge in [-0.3, -0.25) is 13.9 Å². The minimum Gasteiger partial charge on any atom is -0.494 e. The SMILES string of the molecule is COc1cccc(-c2c(C)n(Cc3c(F)cccc3C(F)(F)F)c(=O)n(CC(N)c3ccccc3OCc3nn[nH]n3)c2=O)c1F. The summed E-state index contributed by atoms with van der Waals surface area (Å²) in [6.45, 7) is -0.273. The molecule has 0 bridgehead atoms. The van der Waals surface area contributed by atoms with Gasteiger partial charge in [0.25, 0.3) is 5.56 Å². The third-order valence-electron chi connectivity index (χ3n) is 7.32. The van der Waals surface area contributed by atoms with Crippen molar-refractivity contribution in [2.45, 2.75) is 38.8 Å². The molecule has 5 rings (SSSR count). The molecule has 46 heavy (non-hydrogen) atoms. The predicted octanol–water partition coefficient (Wildman–Crippen LogP) is 4.13. The molecule has 2 aromatic heterocycles. The molecule has 1 unspecified atom stereocenters. The van der Waals surface area contributed by atoms with Gasteiger partial charge in [0.2, 0.25) is 5.82 Å². The van der Waals surface area contributed by atoms with Gasteiger partial charge in [-0.2, -0.15) is 18.4 Å².